The number of rotatable bonds is 3. The van der Waals surface area contributed by atoms with Gasteiger partial charge in [0.1, 0.15) is 11.6 Å². The highest BCUT2D eigenvalue weighted by molar-refractivity contribution is 6.30. The van der Waals surface area contributed by atoms with Crippen molar-refractivity contribution in [2.75, 3.05) is 7.11 Å². The van der Waals surface area contributed by atoms with Crippen LogP contribution >= 0.6 is 11.6 Å². The van der Waals surface area contributed by atoms with Gasteiger partial charge in [-0.3, -0.25) is 0 Å². The standard InChI is InChI=1S/C19H15ClFO/c1-22-18-8-4-6-16(15-5-2-3-7-17(15)21)19(18)13-9-11-14(20)12-10-13/h2-3,5-12H,4H2,1H3. The Labute approximate surface area is 134 Å². The molecule has 0 bridgehead atoms. The molecule has 0 amide bonds. The first-order valence-electron chi connectivity index (χ1n) is 7.03. The third-order valence-corrected chi connectivity index (χ3v) is 3.91. The Hall–Kier alpha value is -2.06. The van der Waals surface area contributed by atoms with Crippen molar-refractivity contribution in [2.45, 2.75) is 6.42 Å². The number of methoxy groups -OCH3 is 1. The largest absolute Gasteiger partial charge is 0.496 e. The van der Waals surface area contributed by atoms with E-state index < -0.39 is 0 Å². The van der Waals surface area contributed by atoms with Gasteiger partial charge in [-0.05, 0) is 48.3 Å². The molecule has 0 aromatic heterocycles. The highest BCUT2D eigenvalue weighted by Gasteiger charge is 2.21. The average Bonchev–Trinajstić information content (AvgIpc) is 2.55. The second-order valence-corrected chi connectivity index (χ2v) is 5.42. The van der Waals surface area contributed by atoms with E-state index in [-0.39, 0.29) is 5.82 Å². The van der Waals surface area contributed by atoms with Crippen LogP contribution in [0.4, 0.5) is 4.39 Å². The van der Waals surface area contributed by atoms with E-state index in [9.17, 15) is 4.39 Å². The van der Waals surface area contributed by atoms with Gasteiger partial charge in [0.15, 0.2) is 0 Å². The van der Waals surface area contributed by atoms with Crippen LogP contribution in [-0.2, 0) is 4.74 Å². The SMILES string of the molecule is COC1=CC[CH]C(c2ccccc2F)=C1c1ccc(Cl)cc1. The normalized spacial score (nSPS) is 14.8. The van der Waals surface area contributed by atoms with E-state index in [0.29, 0.717) is 17.0 Å². The lowest BCUT2D eigenvalue weighted by atomic mass is 9.86. The maximum absolute atomic E-state index is 14.2. The molecule has 3 rings (SSSR count). The Morgan fingerprint density at radius 1 is 1.05 bits per heavy atom. The topological polar surface area (TPSA) is 9.23 Å². The van der Waals surface area contributed by atoms with Gasteiger partial charge < -0.3 is 4.74 Å². The minimum absolute atomic E-state index is 0.238. The third-order valence-electron chi connectivity index (χ3n) is 3.66. The molecule has 0 atom stereocenters. The number of ether oxygens (including phenoxy) is 1. The van der Waals surface area contributed by atoms with Crippen LogP contribution in [-0.4, -0.2) is 7.11 Å². The number of benzene rings is 2. The second-order valence-electron chi connectivity index (χ2n) is 4.99. The fourth-order valence-electron chi connectivity index (χ4n) is 2.64. The molecule has 1 aliphatic rings. The van der Waals surface area contributed by atoms with Crippen molar-refractivity contribution in [1.29, 1.82) is 0 Å². The quantitative estimate of drug-likeness (QED) is 0.724. The molecule has 1 radical (unpaired) electrons. The van der Waals surface area contributed by atoms with E-state index in [2.05, 4.69) is 0 Å². The Morgan fingerprint density at radius 2 is 1.77 bits per heavy atom. The van der Waals surface area contributed by atoms with Crippen LogP contribution in [0, 0.1) is 12.2 Å². The molecule has 3 heteroatoms. The number of allylic oxidation sites excluding steroid dienone is 3. The Morgan fingerprint density at radius 3 is 2.45 bits per heavy atom. The molecule has 111 valence electrons. The van der Waals surface area contributed by atoms with Gasteiger partial charge in [-0.15, -0.1) is 0 Å². The lowest BCUT2D eigenvalue weighted by Gasteiger charge is -2.22. The fraction of sp³-hybridized carbons (Fsp3) is 0.105. The predicted molar refractivity (Wildman–Crippen MR) is 88.7 cm³/mol. The Balaban J connectivity index is 2.22. The van der Waals surface area contributed by atoms with Crippen LogP contribution in [0.2, 0.25) is 5.02 Å². The summed E-state index contributed by atoms with van der Waals surface area (Å²) in [5.41, 5.74) is 3.26. The van der Waals surface area contributed by atoms with Gasteiger partial charge in [0.05, 0.1) is 7.11 Å². The summed E-state index contributed by atoms with van der Waals surface area (Å²) in [6.45, 7) is 0. The summed E-state index contributed by atoms with van der Waals surface area (Å²) in [5, 5.41) is 0.666. The zero-order chi connectivity index (χ0) is 15.5. The van der Waals surface area contributed by atoms with Crippen LogP contribution in [0.15, 0.2) is 60.4 Å². The van der Waals surface area contributed by atoms with Crippen molar-refractivity contribution in [3.63, 3.8) is 0 Å². The first-order chi connectivity index (χ1) is 10.7. The lowest BCUT2D eigenvalue weighted by Crippen LogP contribution is -2.04. The van der Waals surface area contributed by atoms with Gasteiger partial charge in [0.25, 0.3) is 0 Å². The van der Waals surface area contributed by atoms with Crippen molar-refractivity contribution >= 4 is 22.7 Å². The highest BCUT2D eigenvalue weighted by atomic mass is 35.5. The first kappa shape index (κ1) is 14.9. The maximum atomic E-state index is 14.2. The van der Waals surface area contributed by atoms with Crippen molar-refractivity contribution in [1.82, 2.24) is 0 Å². The summed E-state index contributed by atoms with van der Waals surface area (Å²) < 4.78 is 19.7. The van der Waals surface area contributed by atoms with Gasteiger partial charge in [-0.2, -0.15) is 0 Å². The molecule has 1 nitrogen and oxygen atoms in total. The molecule has 2 aromatic carbocycles. The third kappa shape index (κ3) is 2.79. The summed E-state index contributed by atoms with van der Waals surface area (Å²) >= 11 is 5.97. The Kier molecular flexibility index (Phi) is 4.30. The van der Waals surface area contributed by atoms with Gasteiger partial charge in [-0.1, -0.05) is 41.9 Å². The van der Waals surface area contributed by atoms with Crippen LogP contribution in [0.25, 0.3) is 11.1 Å². The summed E-state index contributed by atoms with van der Waals surface area (Å²) in [5.74, 6) is 0.514. The highest BCUT2D eigenvalue weighted by Crippen LogP contribution is 2.39. The van der Waals surface area contributed by atoms with E-state index in [4.69, 9.17) is 16.3 Å². The van der Waals surface area contributed by atoms with Gasteiger partial charge in [0.2, 0.25) is 0 Å². The second kappa shape index (κ2) is 6.37. The monoisotopic (exact) mass is 313 g/mol. The summed E-state index contributed by atoms with van der Waals surface area (Å²) in [4.78, 5) is 0. The molecule has 0 fully saturated rings. The number of hydrogen-bond donors (Lipinski definition) is 0. The van der Waals surface area contributed by atoms with Crippen LogP contribution in [0.1, 0.15) is 17.5 Å². The van der Waals surface area contributed by atoms with Crippen LogP contribution in [0.5, 0.6) is 0 Å². The molecule has 1 aliphatic carbocycles. The molecule has 0 aliphatic heterocycles. The molecule has 0 unspecified atom stereocenters. The molecule has 0 heterocycles. The minimum Gasteiger partial charge on any atom is -0.496 e. The van der Waals surface area contributed by atoms with E-state index in [1.807, 2.05) is 42.8 Å². The number of hydrogen-bond acceptors (Lipinski definition) is 1. The molecule has 2 aromatic rings. The van der Waals surface area contributed by atoms with Crippen molar-refractivity contribution in [2.24, 2.45) is 0 Å². The van der Waals surface area contributed by atoms with E-state index in [1.165, 1.54) is 6.07 Å². The molecule has 0 saturated carbocycles. The molecule has 0 spiro atoms. The number of halogens is 2. The van der Waals surface area contributed by atoms with E-state index in [0.717, 1.165) is 22.5 Å². The average molecular weight is 314 g/mol. The summed E-state index contributed by atoms with van der Waals surface area (Å²) in [6.07, 6.45) is 4.73. The summed E-state index contributed by atoms with van der Waals surface area (Å²) in [6, 6.07) is 14.3. The molecular formula is C19H15ClFO. The maximum Gasteiger partial charge on any atom is 0.130 e. The van der Waals surface area contributed by atoms with E-state index in [1.54, 1.807) is 19.2 Å². The first-order valence-corrected chi connectivity index (χ1v) is 7.41. The predicted octanol–water partition coefficient (Wildman–Crippen LogP) is 5.53. The molecular weight excluding hydrogens is 299 g/mol. The van der Waals surface area contributed by atoms with Crippen LogP contribution in [0.3, 0.4) is 0 Å². The van der Waals surface area contributed by atoms with Gasteiger partial charge in [-0.25, -0.2) is 4.39 Å². The molecule has 0 N–H and O–H groups in total. The van der Waals surface area contributed by atoms with Crippen molar-refractivity contribution in [3.05, 3.63) is 88.8 Å². The summed E-state index contributed by atoms with van der Waals surface area (Å²) in [7, 11) is 1.63. The lowest BCUT2D eigenvalue weighted by molar-refractivity contribution is 0.309. The van der Waals surface area contributed by atoms with Crippen molar-refractivity contribution < 1.29 is 9.13 Å². The molecule has 22 heavy (non-hydrogen) atoms. The minimum atomic E-state index is -0.238. The fourth-order valence-corrected chi connectivity index (χ4v) is 2.77. The van der Waals surface area contributed by atoms with Gasteiger partial charge >= 0.3 is 0 Å². The van der Waals surface area contributed by atoms with E-state index >= 15 is 0 Å². The zero-order valence-electron chi connectivity index (χ0n) is 12.1. The van der Waals surface area contributed by atoms with Crippen molar-refractivity contribution in [3.8, 4) is 0 Å². The Bertz CT molecular complexity index is 744. The smallest absolute Gasteiger partial charge is 0.130 e. The van der Waals surface area contributed by atoms with Crippen LogP contribution < -0.4 is 0 Å². The van der Waals surface area contributed by atoms with Gasteiger partial charge in [0, 0.05) is 16.2 Å². The zero-order valence-corrected chi connectivity index (χ0v) is 12.9. The molecule has 0 saturated heterocycles.